The van der Waals surface area contributed by atoms with Gasteiger partial charge < -0.3 is 4.74 Å². The topological polar surface area (TPSA) is 26.3 Å². The minimum Gasteiger partial charge on any atom is -0.496 e. The number of hydrogen-bond acceptors (Lipinski definition) is 3. The highest BCUT2D eigenvalue weighted by Gasteiger charge is 2.06. The largest absolute Gasteiger partial charge is 0.496 e. The second-order valence-electron chi connectivity index (χ2n) is 3.06. The van der Waals surface area contributed by atoms with E-state index in [9.17, 15) is 4.79 Å². The zero-order valence-corrected chi connectivity index (χ0v) is 9.08. The molecular formula is C12H10O2S. The molecule has 0 radical (unpaired) electrons. The molecule has 2 aromatic rings. The fourth-order valence-corrected chi connectivity index (χ4v) is 2.15. The Hall–Kier alpha value is -1.61. The van der Waals surface area contributed by atoms with Gasteiger partial charge in [-0.3, -0.25) is 4.79 Å². The lowest BCUT2D eigenvalue weighted by Gasteiger charge is -2.05. The van der Waals surface area contributed by atoms with Crippen LogP contribution >= 0.6 is 11.3 Å². The number of benzene rings is 1. The van der Waals surface area contributed by atoms with Crippen molar-refractivity contribution in [1.82, 2.24) is 0 Å². The van der Waals surface area contributed by atoms with Crippen LogP contribution in [0.25, 0.3) is 11.1 Å². The summed E-state index contributed by atoms with van der Waals surface area (Å²) in [7, 11) is 1.64. The van der Waals surface area contributed by atoms with Crippen molar-refractivity contribution in [3.05, 3.63) is 40.6 Å². The molecule has 2 nitrogen and oxygen atoms in total. The lowest BCUT2D eigenvalue weighted by Crippen LogP contribution is -1.85. The van der Waals surface area contributed by atoms with Gasteiger partial charge in [-0.25, -0.2) is 0 Å². The van der Waals surface area contributed by atoms with Crippen LogP contribution in [0, 0.1) is 0 Å². The summed E-state index contributed by atoms with van der Waals surface area (Å²) in [6, 6.07) is 9.64. The van der Waals surface area contributed by atoms with Crippen LogP contribution in [0.15, 0.2) is 35.7 Å². The standard InChI is InChI=1S/C12H10O2S/c1-14-12-5-3-2-4-11(12)9-6-10(7-13)15-8-9/h2-8H,1H3. The highest BCUT2D eigenvalue weighted by molar-refractivity contribution is 7.12. The molecular weight excluding hydrogens is 208 g/mol. The van der Waals surface area contributed by atoms with Crippen molar-refractivity contribution < 1.29 is 9.53 Å². The summed E-state index contributed by atoms with van der Waals surface area (Å²) in [6.45, 7) is 0. The SMILES string of the molecule is COc1ccccc1-c1csc(C=O)c1. The Morgan fingerprint density at radius 3 is 2.80 bits per heavy atom. The number of carbonyl (C=O) groups excluding carboxylic acids is 1. The number of thiophene rings is 1. The Morgan fingerprint density at radius 1 is 1.33 bits per heavy atom. The molecule has 0 spiro atoms. The van der Waals surface area contributed by atoms with Crippen LogP contribution in [-0.2, 0) is 0 Å². The van der Waals surface area contributed by atoms with E-state index in [2.05, 4.69) is 0 Å². The number of ether oxygens (including phenoxy) is 1. The molecule has 0 aliphatic rings. The first-order valence-corrected chi connectivity index (χ1v) is 5.40. The monoisotopic (exact) mass is 218 g/mol. The van der Waals surface area contributed by atoms with Crippen LogP contribution in [0.4, 0.5) is 0 Å². The van der Waals surface area contributed by atoms with E-state index < -0.39 is 0 Å². The average Bonchev–Trinajstić information content (AvgIpc) is 2.77. The molecule has 0 aliphatic carbocycles. The summed E-state index contributed by atoms with van der Waals surface area (Å²) in [6.07, 6.45) is 0.865. The normalized spacial score (nSPS) is 9.93. The summed E-state index contributed by atoms with van der Waals surface area (Å²) >= 11 is 1.44. The van der Waals surface area contributed by atoms with Crippen LogP contribution < -0.4 is 4.74 Å². The molecule has 1 heterocycles. The Balaban J connectivity index is 2.48. The van der Waals surface area contributed by atoms with Crippen molar-refractivity contribution in [3.63, 3.8) is 0 Å². The maximum absolute atomic E-state index is 10.6. The molecule has 0 saturated carbocycles. The average molecular weight is 218 g/mol. The van der Waals surface area contributed by atoms with Crippen molar-refractivity contribution in [2.45, 2.75) is 0 Å². The third kappa shape index (κ3) is 1.92. The van der Waals surface area contributed by atoms with Crippen molar-refractivity contribution in [1.29, 1.82) is 0 Å². The van der Waals surface area contributed by atoms with E-state index in [1.54, 1.807) is 7.11 Å². The van der Waals surface area contributed by atoms with E-state index >= 15 is 0 Å². The molecule has 0 N–H and O–H groups in total. The van der Waals surface area contributed by atoms with Gasteiger partial charge in [-0.2, -0.15) is 0 Å². The summed E-state index contributed by atoms with van der Waals surface area (Å²) in [5, 5.41) is 1.96. The Bertz CT molecular complexity index is 474. The van der Waals surface area contributed by atoms with E-state index in [0.29, 0.717) is 0 Å². The fourth-order valence-electron chi connectivity index (χ4n) is 1.44. The molecule has 0 amide bonds. The predicted molar refractivity (Wildman–Crippen MR) is 61.7 cm³/mol. The quantitative estimate of drug-likeness (QED) is 0.739. The second-order valence-corrected chi connectivity index (χ2v) is 4.00. The van der Waals surface area contributed by atoms with Crippen LogP contribution in [0.1, 0.15) is 9.67 Å². The molecule has 0 unspecified atom stereocenters. The van der Waals surface area contributed by atoms with Crippen molar-refractivity contribution in [2.24, 2.45) is 0 Å². The van der Waals surface area contributed by atoms with E-state index in [1.165, 1.54) is 11.3 Å². The minimum atomic E-state index is 0.732. The van der Waals surface area contributed by atoms with Gasteiger partial charge in [0.2, 0.25) is 0 Å². The van der Waals surface area contributed by atoms with Crippen molar-refractivity contribution in [3.8, 4) is 16.9 Å². The Morgan fingerprint density at radius 2 is 2.13 bits per heavy atom. The maximum Gasteiger partial charge on any atom is 0.160 e. The van der Waals surface area contributed by atoms with Gasteiger partial charge >= 0.3 is 0 Å². The van der Waals surface area contributed by atoms with E-state index in [4.69, 9.17) is 4.74 Å². The van der Waals surface area contributed by atoms with E-state index in [0.717, 1.165) is 28.0 Å². The van der Waals surface area contributed by atoms with E-state index in [-0.39, 0.29) is 0 Å². The smallest absolute Gasteiger partial charge is 0.160 e. The minimum absolute atomic E-state index is 0.732. The summed E-state index contributed by atoms with van der Waals surface area (Å²) in [5.74, 6) is 0.827. The highest BCUT2D eigenvalue weighted by Crippen LogP contribution is 2.32. The van der Waals surface area contributed by atoms with Crippen LogP contribution in [-0.4, -0.2) is 13.4 Å². The van der Waals surface area contributed by atoms with Gasteiger partial charge in [0.15, 0.2) is 6.29 Å². The van der Waals surface area contributed by atoms with Crippen LogP contribution in [0.3, 0.4) is 0 Å². The number of aldehydes is 1. The zero-order chi connectivity index (χ0) is 10.7. The first-order chi connectivity index (χ1) is 7.35. The first-order valence-electron chi connectivity index (χ1n) is 4.52. The molecule has 0 saturated heterocycles. The van der Waals surface area contributed by atoms with E-state index in [1.807, 2.05) is 35.7 Å². The zero-order valence-electron chi connectivity index (χ0n) is 8.27. The van der Waals surface area contributed by atoms with Gasteiger partial charge in [0, 0.05) is 5.56 Å². The first kappa shape index (κ1) is 9.93. The molecule has 0 atom stereocenters. The number of rotatable bonds is 3. The Kier molecular flexibility index (Phi) is 2.83. The third-order valence-corrected chi connectivity index (χ3v) is 3.01. The van der Waals surface area contributed by atoms with Gasteiger partial charge in [0.05, 0.1) is 12.0 Å². The number of hydrogen-bond donors (Lipinski definition) is 0. The molecule has 0 aliphatic heterocycles. The molecule has 15 heavy (non-hydrogen) atoms. The molecule has 76 valence electrons. The molecule has 3 heteroatoms. The lowest BCUT2D eigenvalue weighted by atomic mass is 10.1. The number of para-hydroxylation sites is 1. The highest BCUT2D eigenvalue weighted by atomic mass is 32.1. The third-order valence-electron chi connectivity index (χ3n) is 2.15. The summed E-state index contributed by atoms with van der Waals surface area (Å²) in [5.41, 5.74) is 2.05. The second kappa shape index (κ2) is 4.28. The maximum atomic E-state index is 10.6. The molecule has 0 bridgehead atoms. The van der Waals surface area contributed by atoms with Crippen LogP contribution in [0.2, 0.25) is 0 Å². The number of methoxy groups -OCH3 is 1. The van der Waals surface area contributed by atoms with Gasteiger partial charge in [0.25, 0.3) is 0 Å². The predicted octanol–water partition coefficient (Wildman–Crippen LogP) is 3.24. The van der Waals surface area contributed by atoms with Gasteiger partial charge in [-0.15, -0.1) is 11.3 Å². The Labute approximate surface area is 92.1 Å². The molecule has 2 rings (SSSR count). The van der Waals surface area contributed by atoms with Gasteiger partial charge in [0.1, 0.15) is 5.75 Å². The number of carbonyl (C=O) groups is 1. The summed E-state index contributed by atoms with van der Waals surface area (Å²) < 4.78 is 5.26. The van der Waals surface area contributed by atoms with Gasteiger partial charge in [-0.1, -0.05) is 18.2 Å². The fraction of sp³-hybridized carbons (Fsp3) is 0.0833. The molecule has 0 fully saturated rings. The lowest BCUT2D eigenvalue weighted by molar-refractivity contribution is 0.112. The van der Waals surface area contributed by atoms with Crippen molar-refractivity contribution in [2.75, 3.05) is 7.11 Å². The molecule has 1 aromatic carbocycles. The molecule has 1 aromatic heterocycles. The van der Waals surface area contributed by atoms with Crippen molar-refractivity contribution >= 4 is 17.6 Å². The van der Waals surface area contributed by atoms with Crippen LogP contribution in [0.5, 0.6) is 5.75 Å². The van der Waals surface area contributed by atoms with Gasteiger partial charge in [-0.05, 0) is 23.1 Å². The summed E-state index contributed by atoms with van der Waals surface area (Å²) in [4.78, 5) is 11.3.